The van der Waals surface area contributed by atoms with E-state index in [1.807, 2.05) is 20.8 Å². The van der Waals surface area contributed by atoms with Gasteiger partial charge in [0.2, 0.25) is 0 Å². The number of fused-ring (bicyclic) bond motifs is 3. The second-order valence-electron chi connectivity index (χ2n) is 11.8. The van der Waals surface area contributed by atoms with Crippen LogP contribution in [0.1, 0.15) is 73.6 Å². The van der Waals surface area contributed by atoms with E-state index in [-0.39, 0.29) is 13.0 Å². The smallest absolute Gasteiger partial charge is 0.320 e. The molecule has 0 aromatic rings. The number of aliphatic hydroxyl groups excluding tert-OH is 2. The van der Waals surface area contributed by atoms with Crippen molar-refractivity contribution in [3.63, 3.8) is 0 Å². The molecule has 0 bridgehead atoms. The van der Waals surface area contributed by atoms with Crippen LogP contribution in [0.2, 0.25) is 0 Å². The van der Waals surface area contributed by atoms with Gasteiger partial charge in [0.1, 0.15) is 5.60 Å². The lowest BCUT2D eigenvalue weighted by atomic mass is 9.40. The van der Waals surface area contributed by atoms with Crippen LogP contribution in [0, 0.1) is 16.7 Å². The van der Waals surface area contributed by atoms with Crippen LogP contribution in [0.25, 0.3) is 0 Å². The van der Waals surface area contributed by atoms with Gasteiger partial charge in [0, 0.05) is 17.8 Å². The summed E-state index contributed by atoms with van der Waals surface area (Å²) >= 11 is 0. The summed E-state index contributed by atoms with van der Waals surface area (Å²) in [6.45, 7) is 15.2. The molecule has 0 spiro atoms. The third-order valence-corrected chi connectivity index (χ3v) is 8.96. The van der Waals surface area contributed by atoms with Gasteiger partial charge in [0.25, 0.3) is 0 Å². The molecule has 1 aliphatic heterocycles. The molecule has 8 nitrogen and oxygen atoms in total. The highest BCUT2D eigenvalue weighted by molar-refractivity contribution is 5.92. The maximum absolute atomic E-state index is 13.8. The first-order valence-electron chi connectivity index (χ1n) is 12.5. The molecule has 194 valence electrons. The monoisotopic (exact) mass is 481 g/mol. The minimum Gasteiger partial charge on any atom is -0.455 e. The number of ketones is 1. The highest BCUT2D eigenvalue weighted by Gasteiger charge is 2.81. The number of hydrogen-bond acceptors (Lipinski definition) is 8. The van der Waals surface area contributed by atoms with Crippen LogP contribution in [-0.4, -0.2) is 75.3 Å². The fourth-order valence-corrected chi connectivity index (χ4v) is 7.16. The lowest BCUT2D eigenvalue weighted by Crippen LogP contribution is -2.86. The number of carbonyl (C=O) groups is 2. The molecule has 0 unspecified atom stereocenters. The van der Waals surface area contributed by atoms with Crippen LogP contribution in [0.3, 0.4) is 0 Å². The molecule has 0 aromatic heterocycles. The first kappa shape index (κ1) is 27.3. The molecule has 3 rings (SSSR count). The van der Waals surface area contributed by atoms with Crippen molar-refractivity contribution in [1.82, 2.24) is 5.32 Å². The standard InChI is InChI=1S/C26H43NO7/c1-8-10-13-27-15-18(30)33-21-19(31)20-22(3,4)12-11-16(28)24(20,6)26(32)17(29)14-23(5,9-2)34-25(21,26)7/h9,16,19-21,27-28,31-32H,2,8,10-15H2,1,3-7H3/t16-,19-,20-,21-,23-,24-,25+,26-/m0/s1. The fourth-order valence-electron chi connectivity index (χ4n) is 7.16. The summed E-state index contributed by atoms with van der Waals surface area (Å²) in [5.41, 5.74) is -7.13. The normalized spacial score (nSPS) is 45.7. The molecule has 34 heavy (non-hydrogen) atoms. The van der Waals surface area contributed by atoms with E-state index < -0.39 is 63.6 Å². The predicted molar refractivity (Wildman–Crippen MR) is 127 cm³/mol. The molecule has 2 saturated carbocycles. The summed E-state index contributed by atoms with van der Waals surface area (Å²) < 4.78 is 12.2. The van der Waals surface area contributed by atoms with Gasteiger partial charge in [-0.25, -0.2) is 0 Å². The third-order valence-electron chi connectivity index (χ3n) is 8.96. The van der Waals surface area contributed by atoms with Gasteiger partial charge in [-0.3, -0.25) is 9.59 Å². The number of esters is 1. The maximum Gasteiger partial charge on any atom is 0.320 e. The Bertz CT molecular complexity index is 830. The molecule has 2 aliphatic carbocycles. The largest absolute Gasteiger partial charge is 0.455 e. The predicted octanol–water partition coefficient (Wildman–Crippen LogP) is 1.89. The second kappa shape index (κ2) is 8.96. The van der Waals surface area contributed by atoms with Gasteiger partial charge in [-0.1, -0.05) is 40.2 Å². The van der Waals surface area contributed by atoms with Gasteiger partial charge in [0.15, 0.2) is 17.5 Å². The van der Waals surface area contributed by atoms with Crippen LogP contribution in [0.15, 0.2) is 12.7 Å². The molecule has 3 fully saturated rings. The quantitative estimate of drug-likeness (QED) is 0.247. The van der Waals surface area contributed by atoms with Gasteiger partial charge in [-0.2, -0.15) is 0 Å². The number of ether oxygens (including phenoxy) is 2. The van der Waals surface area contributed by atoms with Crippen LogP contribution in [0.4, 0.5) is 0 Å². The van der Waals surface area contributed by atoms with Crippen LogP contribution < -0.4 is 5.32 Å². The van der Waals surface area contributed by atoms with Gasteiger partial charge in [-0.05, 0) is 45.1 Å². The summed E-state index contributed by atoms with van der Waals surface area (Å²) in [6, 6.07) is 0. The fraction of sp³-hybridized carbons (Fsp3) is 0.846. The first-order valence-corrected chi connectivity index (χ1v) is 12.5. The molecule has 8 heteroatoms. The topological polar surface area (TPSA) is 125 Å². The minimum atomic E-state index is -2.20. The van der Waals surface area contributed by atoms with E-state index in [0.717, 1.165) is 12.8 Å². The summed E-state index contributed by atoms with van der Waals surface area (Å²) in [7, 11) is 0. The average Bonchev–Trinajstić information content (AvgIpc) is 2.75. The Morgan fingerprint density at radius 3 is 2.50 bits per heavy atom. The van der Waals surface area contributed by atoms with Gasteiger partial charge in [-0.15, -0.1) is 6.58 Å². The van der Waals surface area contributed by atoms with Gasteiger partial charge < -0.3 is 30.1 Å². The van der Waals surface area contributed by atoms with Crippen LogP contribution >= 0.6 is 0 Å². The molecule has 8 atom stereocenters. The second-order valence-corrected chi connectivity index (χ2v) is 11.8. The van der Waals surface area contributed by atoms with E-state index in [0.29, 0.717) is 19.4 Å². The lowest BCUT2D eigenvalue weighted by molar-refractivity contribution is -0.370. The molecule has 1 saturated heterocycles. The molecule has 1 heterocycles. The minimum absolute atomic E-state index is 0.0711. The van der Waals surface area contributed by atoms with Crippen LogP contribution in [-0.2, 0) is 19.1 Å². The Labute approximate surface area is 203 Å². The van der Waals surface area contributed by atoms with Crippen molar-refractivity contribution in [3.8, 4) is 0 Å². The van der Waals surface area contributed by atoms with E-state index in [4.69, 9.17) is 9.47 Å². The zero-order chi connectivity index (χ0) is 25.7. The van der Waals surface area contributed by atoms with Crippen molar-refractivity contribution in [1.29, 1.82) is 0 Å². The first-order chi connectivity index (χ1) is 15.6. The number of rotatable bonds is 7. The van der Waals surface area contributed by atoms with Crippen molar-refractivity contribution in [2.75, 3.05) is 13.1 Å². The summed E-state index contributed by atoms with van der Waals surface area (Å²) in [6.07, 6.45) is 0.498. The number of aliphatic hydroxyl groups is 3. The molecule has 0 aromatic carbocycles. The summed E-state index contributed by atoms with van der Waals surface area (Å²) in [5.74, 6) is -1.85. The lowest BCUT2D eigenvalue weighted by Gasteiger charge is -2.71. The summed E-state index contributed by atoms with van der Waals surface area (Å²) in [4.78, 5) is 26.6. The van der Waals surface area contributed by atoms with Crippen molar-refractivity contribution in [3.05, 3.63) is 12.7 Å². The van der Waals surface area contributed by atoms with Gasteiger partial charge in [0.05, 0.1) is 24.4 Å². The number of unbranched alkanes of at least 4 members (excludes halogenated alkanes) is 1. The van der Waals surface area contributed by atoms with E-state index in [1.54, 1.807) is 13.8 Å². The molecule has 4 N–H and O–H groups in total. The van der Waals surface area contributed by atoms with E-state index in [1.165, 1.54) is 13.0 Å². The highest BCUT2D eigenvalue weighted by atomic mass is 16.6. The Morgan fingerprint density at radius 1 is 1.26 bits per heavy atom. The Balaban J connectivity index is 2.12. The van der Waals surface area contributed by atoms with E-state index in [9.17, 15) is 24.9 Å². The average molecular weight is 482 g/mol. The molecule has 3 aliphatic rings. The highest BCUT2D eigenvalue weighted by Crippen LogP contribution is 2.67. The molecule has 0 radical (unpaired) electrons. The zero-order valence-corrected chi connectivity index (χ0v) is 21.5. The molecule has 0 amide bonds. The van der Waals surface area contributed by atoms with E-state index in [2.05, 4.69) is 11.9 Å². The van der Waals surface area contributed by atoms with Crippen molar-refractivity contribution < 1.29 is 34.4 Å². The number of hydrogen-bond donors (Lipinski definition) is 4. The number of Topliss-reactive ketones (excluding diaryl/α,β-unsaturated/α-hetero) is 1. The van der Waals surface area contributed by atoms with E-state index >= 15 is 0 Å². The van der Waals surface area contributed by atoms with Crippen molar-refractivity contribution in [2.24, 2.45) is 16.7 Å². The van der Waals surface area contributed by atoms with Crippen LogP contribution in [0.5, 0.6) is 0 Å². The Kier molecular flexibility index (Phi) is 7.19. The van der Waals surface area contributed by atoms with Crippen molar-refractivity contribution in [2.45, 2.75) is 109 Å². The Morgan fingerprint density at radius 2 is 1.91 bits per heavy atom. The summed E-state index contributed by atoms with van der Waals surface area (Å²) in [5, 5.41) is 38.4. The SMILES string of the molecule is C=C[C@@]1(C)CC(=O)[C@]2(O)[C@@]3(C)[C@@H](O)CCC(C)(C)[C@@H]3[C@H](O)[C@H](OC(=O)CNCCCC)[C@@]2(C)O1. The number of nitrogens with one attached hydrogen (secondary N) is 1. The Hall–Kier alpha value is -1.32. The van der Waals surface area contributed by atoms with Gasteiger partial charge >= 0.3 is 5.97 Å². The molecular formula is C26H43NO7. The third kappa shape index (κ3) is 3.77. The zero-order valence-electron chi connectivity index (χ0n) is 21.5. The number of carbonyl (C=O) groups excluding carboxylic acids is 2. The maximum atomic E-state index is 13.8. The van der Waals surface area contributed by atoms with Crippen molar-refractivity contribution >= 4 is 11.8 Å². The molecular weight excluding hydrogens is 438 g/mol.